The lowest BCUT2D eigenvalue weighted by Crippen LogP contribution is -2.53. The van der Waals surface area contributed by atoms with Crippen LogP contribution in [0.1, 0.15) is 26.7 Å². The van der Waals surface area contributed by atoms with Crippen LogP contribution < -0.4 is 11.1 Å². The number of likely N-dealkylation sites (N-methyl/N-ethyl adjacent to an activating group) is 2. The highest BCUT2D eigenvalue weighted by molar-refractivity contribution is 5.77. The first kappa shape index (κ1) is 13.4. The van der Waals surface area contributed by atoms with Crippen molar-refractivity contribution >= 4 is 5.91 Å². The maximum atomic E-state index is 11.2. The van der Waals surface area contributed by atoms with E-state index in [4.69, 9.17) is 5.73 Å². The van der Waals surface area contributed by atoms with Gasteiger partial charge in [0.1, 0.15) is 0 Å². The molecule has 0 saturated carbocycles. The summed E-state index contributed by atoms with van der Waals surface area (Å²) in [6, 6.07) is 0. The fourth-order valence-electron chi connectivity index (χ4n) is 1.70. The van der Waals surface area contributed by atoms with E-state index in [-0.39, 0.29) is 11.4 Å². The lowest BCUT2D eigenvalue weighted by molar-refractivity contribution is -0.122. The molecular formula is C10H23N3O. The second-order valence-corrected chi connectivity index (χ2v) is 3.66. The zero-order chi connectivity index (χ0) is 11.2. The normalized spacial score (nSPS) is 11.9. The summed E-state index contributed by atoms with van der Waals surface area (Å²) in [5, 5.41) is 2.62. The van der Waals surface area contributed by atoms with Gasteiger partial charge in [0.15, 0.2) is 0 Å². The minimum absolute atomic E-state index is 0.0345. The van der Waals surface area contributed by atoms with Gasteiger partial charge in [-0.1, -0.05) is 13.8 Å². The zero-order valence-electron chi connectivity index (χ0n) is 9.76. The average molecular weight is 201 g/mol. The third-order valence-corrected chi connectivity index (χ3v) is 3.17. The summed E-state index contributed by atoms with van der Waals surface area (Å²) in [6.07, 6.45) is 1.93. The summed E-state index contributed by atoms with van der Waals surface area (Å²) in [4.78, 5) is 13.3. The van der Waals surface area contributed by atoms with Crippen molar-refractivity contribution in [2.24, 2.45) is 5.73 Å². The summed E-state index contributed by atoms with van der Waals surface area (Å²) < 4.78 is 0. The predicted molar refractivity (Wildman–Crippen MR) is 59.1 cm³/mol. The van der Waals surface area contributed by atoms with Crippen LogP contribution >= 0.6 is 0 Å². The molecule has 0 bridgehead atoms. The van der Waals surface area contributed by atoms with Gasteiger partial charge < -0.3 is 11.1 Å². The summed E-state index contributed by atoms with van der Waals surface area (Å²) in [6.45, 7) is 5.22. The van der Waals surface area contributed by atoms with E-state index in [1.54, 1.807) is 7.05 Å². The van der Waals surface area contributed by atoms with Crippen LogP contribution in [0, 0.1) is 0 Å². The number of nitrogens with zero attached hydrogens (tertiary/aromatic N) is 1. The highest BCUT2D eigenvalue weighted by Gasteiger charge is 2.30. The number of carbonyl (C=O) groups excluding carboxylic acids is 1. The Hall–Kier alpha value is -0.610. The van der Waals surface area contributed by atoms with Crippen LogP contribution in [-0.2, 0) is 4.79 Å². The van der Waals surface area contributed by atoms with Gasteiger partial charge in [-0.15, -0.1) is 0 Å². The molecule has 0 aromatic rings. The van der Waals surface area contributed by atoms with Crippen molar-refractivity contribution < 1.29 is 4.79 Å². The molecular weight excluding hydrogens is 178 g/mol. The van der Waals surface area contributed by atoms with E-state index in [0.717, 1.165) is 12.8 Å². The number of rotatable bonds is 6. The quantitative estimate of drug-likeness (QED) is 0.644. The minimum atomic E-state index is -0.0352. The number of hydrogen-bond donors (Lipinski definition) is 2. The Bertz CT molecular complexity index is 170. The summed E-state index contributed by atoms with van der Waals surface area (Å²) >= 11 is 0. The van der Waals surface area contributed by atoms with E-state index >= 15 is 0 Å². The van der Waals surface area contributed by atoms with Crippen LogP contribution in [0.2, 0.25) is 0 Å². The lowest BCUT2D eigenvalue weighted by atomic mass is 9.91. The van der Waals surface area contributed by atoms with Gasteiger partial charge in [-0.25, -0.2) is 0 Å². The molecule has 84 valence electrons. The summed E-state index contributed by atoms with van der Waals surface area (Å²) in [7, 11) is 3.60. The van der Waals surface area contributed by atoms with E-state index in [9.17, 15) is 4.79 Å². The Kier molecular flexibility index (Phi) is 5.72. The molecule has 4 heteroatoms. The molecule has 1 amide bonds. The molecule has 0 heterocycles. The van der Waals surface area contributed by atoms with Crippen LogP contribution in [0.5, 0.6) is 0 Å². The van der Waals surface area contributed by atoms with Crippen molar-refractivity contribution in [1.82, 2.24) is 10.2 Å². The molecule has 0 aliphatic heterocycles. The topological polar surface area (TPSA) is 58.4 Å². The highest BCUT2D eigenvalue weighted by atomic mass is 16.1. The van der Waals surface area contributed by atoms with Gasteiger partial charge in [0.05, 0.1) is 6.54 Å². The maximum Gasteiger partial charge on any atom is 0.233 e. The van der Waals surface area contributed by atoms with Crippen LogP contribution in [-0.4, -0.2) is 43.5 Å². The fourth-order valence-corrected chi connectivity index (χ4v) is 1.70. The molecule has 0 aromatic heterocycles. The summed E-state index contributed by atoms with van der Waals surface area (Å²) in [5.41, 5.74) is 5.74. The van der Waals surface area contributed by atoms with E-state index in [1.807, 2.05) is 11.9 Å². The first-order valence-electron chi connectivity index (χ1n) is 5.18. The average Bonchev–Trinajstić information content (AvgIpc) is 2.21. The number of nitrogens with two attached hydrogens (primary N) is 1. The molecule has 4 nitrogen and oxygen atoms in total. The first-order valence-corrected chi connectivity index (χ1v) is 5.18. The SMILES string of the molecule is CCC(CC)(CN)N(C)CC(=O)NC. The molecule has 0 radical (unpaired) electrons. The van der Waals surface area contributed by atoms with Gasteiger partial charge in [0.2, 0.25) is 5.91 Å². The summed E-state index contributed by atoms with van der Waals surface area (Å²) in [5.74, 6) is 0.0345. The lowest BCUT2D eigenvalue weighted by Gasteiger charge is -2.39. The molecule has 0 rings (SSSR count). The Morgan fingerprint density at radius 3 is 2.21 bits per heavy atom. The van der Waals surface area contributed by atoms with Crippen molar-refractivity contribution in [3.8, 4) is 0 Å². The van der Waals surface area contributed by atoms with Gasteiger partial charge in [0, 0.05) is 19.1 Å². The van der Waals surface area contributed by atoms with Gasteiger partial charge in [-0.2, -0.15) is 0 Å². The van der Waals surface area contributed by atoms with Crippen LogP contribution in [0.15, 0.2) is 0 Å². The maximum absolute atomic E-state index is 11.2. The van der Waals surface area contributed by atoms with Crippen molar-refractivity contribution in [1.29, 1.82) is 0 Å². The molecule has 0 aliphatic rings. The standard InChI is InChI=1S/C10H23N3O/c1-5-10(6-2,8-11)13(4)7-9(14)12-3/h5-8,11H2,1-4H3,(H,12,14). The molecule has 0 aliphatic carbocycles. The van der Waals surface area contributed by atoms with E-state index in [1.165, 1.54) is 0 Å². The largest absolute Gasteiger partial charge is 0.358 e. The Balaban J connectivity index is 4.43. The van der Waals surface area contributed by atoms with Crippen molar-refractivity contribution in [3.63, 3.8) is 0 Å². The molecule has 0 unspecified atom stereocenters. The molecule has 3 N–H and O–H groups in total. The second kappa shape index (κ2) is 5.98. The van der Waals surface area contributed by atoms with Crippen molar-refractivity contribution in [2.45, 2.75) is 32.2 Å². The number of nitrogens with one attached hydrogen (secondary N) is 1. The van der Waals surface area contributed by atoms with Crippen molar-refractivity contribution in [2.75, 3.05) is 27.2 Å². The van der Waals surface area contributed by atoms with Gasteiger partial charge in [-0.05, 0) is 19.9 Å². The first-order chi connectivity index (χ1) is 6.56. The molecule has 14 heavy (non-hydrogen) atoms. The monoisotopic (exact) mass is 201 g/mol. The van der Waals surface area contributed by atoms with Crippen LogP contribution in [0.4, 0.5) is 0 Å². The highest BCUT2D eigenvalue weighted by Crippen LogP contribution is 2.20. The molecule has 0 atom stereocenters. The van der Waals surface area contributed by atoms with Gasteiger partial charge in [-0.3, -0.25) is 9.69 Å². The molecule has 0 aromatic carbocycles. The Morgan fingerprint density at radius 1 is 1.43 bits per heavy atom. The van der Waals surface area contributed by atoms with E-state index in [0.29, 0.717) is 13.1 Å². The number of hydrogen-bond acceptors (Lipinski definition) is 3. The molecule has 0 spiro atoms. The van der Waals surface area contributed by atoms with E-state index in [2.05, 4.69) is 19.2 Å². The minimum Gasteiger partial charge on any atom is -0.358 e. The third kappa shape index (κ3) is 2.96. The van der Waals surface area contributed by atoms with E-state index < -0.39 is 0 Å². The smallest absolute Gasteiger partial charge is 0.233 e. The van der Waals surface area contributed by atoms with Crippen molar-refractivity contribution in [3.05, 3.63) is 0 Å². The predicted octanol–water partition coefficient (Wildman–Crippen LogP) is 0.182. The van der Waals surface area contributed by atoms with Gasteiger partial charge in [0.25, 0.3) is 0 Å². The Morgan fingerprint density at radius 2 is 1.93 bits per heavy atom. The molecule has 0 fully saturated rings. The van der Waals surface area contributed by atoms with Gasteiger partial charge >= 0.3 is 0 Å². The number of carbonyl (C=O) groups is 1. The number of amides is 1. The Labute approximate surface area is 86.8 Å². The third-order valence-electron chi connectivity index (χ3n) is 3.17. The fraction of sp³-hybridized carbons (Fsp3) is 0.900. The second-order valence-electron chi connectivity index (χ2n) is 3.66. The van der Waals surface area contributed by atoms with Crippen LogP contribution in [0.3, 0.4) is 0 Å². The zero-order valence-corrected chi connectivity index (χ0v) is 9.76. The van der Waals surface area contributed by atoms with Crippen LogP contribution in [0.25, 0.3) is 0 Å². The molecule has 0 saturated heterocycles.